The Bertz CT molecular complexity index is 114. The van der Waals surface area contributed by atoms with Gasteiger partial charge in [-0.2, -0.15) is 0 Å². The Morgan fingerprint density at radius 2 is 1.64 bits per heavy atom. The molecule has 1 rings (SSSR count). The number of allylic oxidation sites excluding steroid dienone is 2. The van der Waals surface area contributed by atoms with Gasteiger partial charge in [-0.05, 0) is 0 Å². The van der Waals surface area contributed by atoms with Crippen molar-refractivity contribution in [3.05, 3.63) is 31.7 Å². The van der Waals surface area contributed by atoms with Crippen molar-refractivity contribution in [3.63, 3.8) is 0 Å². The third-order valence-corrected chi connectivity index (χ3v) is 1.04. The molecule has 1 aliphatic rings. The van der Waals surface area contributed by atoms with Crippen molar-refractivity contribution < 1.29 is 22.1 Å². The molecule has 0 aliphatic heterocycles. The second-order valence-electron chi connectivity index (χ2n) is 1.69. The molecule has 0 saturated heterocycles. The van der Waals surface area contributed by atoms with E-state index >= 15 is 0 Å². The maximum absolute atomic E-state index is 8.46. The van der Waals surface area contributed by atoms with Crippen LogP contribution in [0.2, 0.25) is 0 Å². The summed E-state index contributed by atoms with van der Waals surface area (Å²) < 4.78 is 0. The van der Waals surface area contributed by atoms with Crippen molar-refractivity contribution >= 4 is 18.6 Å². The van der Waals surface area contributed by atoms with Gasteiger partial charge in [0, 0.05) is 5.92 Å². The summed E-state index contributed by atoms with van der Waals surface area (Å²) in [7, 11) is 9.78. The average molecular weight is 230 g/mol. The first kappa shape index (κ1) is 14.3. The zero-order valence-electron chi connectivity index (χ0n) is 6.30. The van der Waals surface area contributed by atoms with Crippen molar-refractivity contribution in [2.45, 2.75) is 0 Å². The second kappa shape index (κ2) is 10.7. The number of rotatable bonds is 1. The molecule has 0 saturated carbocycles. The van der Waals surface area contributed by atoms with E-state index in [9.17, 15) is 0 Å². The molecule has 0 atom stereocenters. The van der Waals surface area contributed by atoms with Gasteiger partial charge < -0.3 is 12.5 Å². The quantitative estimate of drug-likeness (QED) is 0.542. The van der Waals surface area contributed by atoms with Crippen molar-refractivity contribution in [2.24, 2.45) is 5.92 Å². The molecule has 0 heterocycles. The first-order valence-corrected chi connectivity index (χ1v) is 7.07. The predicted molar refractivity (Wildman–Crippen MR) is 47.0 cm³/mol. The van der Waals surface area contributed by atoms with E-state index in [-0.39, 0.29) is 14.0 Å². The summed E-state index contributed by atoms with van der Waals surface area (Å²) in [6, 6.07) is 0. The topological polar surface area (TPSA) is 20.2 Å². The zero-order chi connectivity index (χ0) is 7.82. The minimum atomic E-state index is -0.556. The summed E-state index contributed by atoms with van der Waals surface area (Å²) in [6.45, 7) is 0.243. The molecule has 0 bridgehead atoms. The first-order chi connectivity index (χ1) is 4.85. The fraction of sp³-hybridized carbons (Fsp3) is 0.286. The van der Waals surface area contributed by atoms with Crippen LogP contribution < -0.4 is 0 Å². The van der Waals surface area contributed by atoms with Crippen LogP contribution in [0.15, 0.2) is 24.3 Å². The van der Waals surface area contributed by atoms with E-state index in [4.69, 9.17) is 23.7 Å². The first-order valence-electron chi connectivity index (χ1n) is 2.77. The molecule has 0 aromatic heterocycles. The van der Waals surface area contributed by atoms with Crippen molar-refractivity contribution in [2.75, 3.05) is 6.61 Å². The van der Waals surface area contributed by atoms with E-state index in [2.05, 4.69) is 0 Å². The van der Waals surface area contributed by atoms with E-state index in [0.717, 1.165) is 0 Å². The van der Waals surface area contributed by atoms with Gasteiger partial charge in [-0.1, -0.05) is 24.3 Å². The van der Waals surface area contributed by atoms with Crippen LogP contribution in [0.3, 0.4) is 0 Å². The molecule has 1 aliphatic carbocycles. The van der Waals surface area contributed by atoms with Crippen LogP contribution >= 0.6 is 18.6 Å². The molecule has 0 amide bonds. The predicted octanol–water partition coefficient (Wildman–Crippen LogP) is 2.55. The molecular weight excluding hydrogens is 219 g/mol. The van der Waals surface area contributed by atoms with Gasteiger partial charge in [0.2, 0.25) is 0 Å². The molecule has 64 valence electrons. The van der Waals surface area contributed by atoms with Gasteiger partial charge in [0.05, 0.1) is 6.61 Å². The minimum absolute atomic E-state index is 0. The molecule has 0 radical (unpaired) electrons. The SMILES string of the molecule is OCC1C=CC=C1.[CH3-].[Cl][Ti][Cl]. The van der Waals surface area contributed by atoms with E-state index in [1.54, 1.807) is 0 Å². The van der Waals surface area contributed by atoms with Gasteiger partial charge in [-0.15, -0.1) is 0 Å². The van der Waals surface area contributed by atoms with Crippen LogP contribution in [-0.4, -0.2) is 11.7 Å². The fourth-order valence-electron chi connectivity index (χ4n) is 0.600. The van der Waals surface area contributed by atoms with Crippen LogP contribution in [-0.2, 0) is 17.0 Å². The fourth-order valence-corrected chi connectivity index (χ4v) is 0.600. The van der Waals surface area contributed by atoms with Crippen LogP contribution in [0.4, 0.5) is 0 Å². The number of halogens is 2. The number of hydrogen-bond acceptors (Lipinski definition) is 1. The van der Waals surface area contributed by atoms with Gasteiger partial charge in [0.1, 0.15) is 0 Å². The number of hydrogen-bond donors (Lipinski definition) is 1. The molecule has 0 fully saturated rings. The molecular formula is C7H11Cl2OTi-. The van der Waals surface area contributed by atoms with Crippen LogP contribution in [0.5, 0.6) is 0 Å². The molecule has 1 N–H and O–H groups in total. The Kier molecular flexibility index (Phi) is 13.9. The molecule has 0 spiro atoms. The molecule has 0 unspecified atom stereocenters. The van der Waals surface area contributed by atoms with Crippen LogP contribution in [0.25, 0.3) is 0 Å². The molecule has 4 heteroatoms. The van der Waals surface area contributed by atoms with E-state index in [0.29, 0.717) is 5.92 Å². The Morgan fingerprint density at radius 1 is 1.27 bits per heavy atom. The van der Waals surface area contributed by atoms with Crippen molar-refractivity contribution in [3.8, 4) is 0 Å². The molecule has 0 aromatic rings. The molecule has 11 heavy (non-hydrogen) atoms. The third kappa shape index (κ3) is 8.64. The van der Waals surface area contributed by atoms with Crippen LogP contribution in [0.1, 0.15) is 0 Å². The van der Waals surface area contributed by atoms with Gasteiger partial charge in [0.15, 0.2) is 0 Å². The summed E-state index contributed by atoms with van der Waals surface area (Å²) in [6.07, 6.45) is 7.84. The molecule has 0 aromatic carbocycles. The molecule has 1 nitrogen and oxygen atoms in total. The Labute approximate surface area is 84.8 Å². The van der Waals surface area contributed by atoms with Crippen molar-refractivity contribution in [1.82, 2.24) is 0 Å². The average Bonchev–Trinajstić information content (AvgIpc) is 2.39. The number of aliphatic hydroxyl groups is 1. The second-order valence-corrected chi connectivity index (χ2v) is 4.27. The number of aliphatic hydroxyl groups excluding tert-OH is 1. The van der Waals surface area contributed by atoms with Gasteiger partial charge in [0.25, 0.3) is 0 Å². The van der Waals surface area contributed by atoms with Crippen LogP contribution in [0, 0.1) is 13.3 Å². The van der Waals surface area contributed by atoms with E-state index in [1.807, 2.05) is 24.3 Å². The summed E-state index contributed by atoms with van der Waals surface area (Å²) in [5.74, 6) is 0.292. The summed E-state index contributed by atoms with van der Waals surface area (Å²) in [5, 5.41) is 8.46. The van der Waals surface area contributed by atoms with Gasteiger partial charge in [-0.3, -0.25) is 0 Å². The summed E-state index contributed by atoms with van der Waals surface area (Å²) >= 11 is -0.556. The Hall–Kier alpha value is 0.734. The van der Waals surface area contributed by atoms with E-state index in [1.165, 1.54) is 0 Å². The maximum atomic E-state index is 8.46. The Morgan fingerprint density at radius 3 is 1.82 bits per heavy atom. The summed E-state index contributed by atoms with van der Waals surface area (Å²) in [4.78, 5) is 0. The third-order valence-electron chi connectivity index (χ3n) is 1.04. The zero-order valence-corrected chi connectivity index (χ0v) is 9.37. The van der Waals surface area contributed by atoms with E-state index < -0.39 is 17.0 Å². The van der Waals surface area contributed by atoms with Crippen molar-refractivity contribution in [1.29, 1.82) is 0 Å². The normalized spacial score (nSPS) is 13.4. The van der Waals surface area contributed by atoms with Gasteiger partial charge >= 0.3 is 35.6 Å². The van der Waals surface area contributed by atoms with Gasteiger partial charge in [-0.25, -0.2) is 0 Å². The monoisotopic (exact) mass is 229 g/mol. The Balaban J connectivity index is 0. The standard InChI is InChI=1S/C6H8O.CH3.2ClH.Ti/c7-5-6-3-1-2-4-6;;;;/h1-4,6-7H,5H2;1H3;2*1H;/q;-1;;;+2/p-2. The summed E-state index contributed by atoms with van der Waals surface area (Å²) in [5.41, 5.74) is 0.